The molecule has 0 aromatic carbocycles. The zero-order valence-electron chi connectivity index (χ0n) is 9.14. The molecule has 5 heteroatoms. The largest absolute Gasteiger partial charge is 0.395 e. The van der Waals surface area contributed by atoms with Crippen molar-refractivity contribution in [1.29, 1.82) is 0 Å². The van der Waals surface area contributed by atoms with Crippen LogP contribution in [-0.2, 0) is 0 Å². The Balaban J connectivity index is 1.94. The summed E-state index contributed by atoms with van der Waals surface area (Å²) in [6.45, 7) is 4.96. The average Bonchev–Trinajstić information content (AvgIpc) is 2.30. The van der Waals surface area contributed by atoms with Crippen LogP contribution in [0.3, 0.4) is 0 Å². The number of hydrogen-bond donors (Lipinski definition) is 1. The van der Waals surface area contributed by atoms with Crippen LogP contribution in [0.5, 0.6) is 0 Å². The van der Waals surface area contributed by atoms with E-state index < -0.39 is 0 Å². The monoisotopic (exact) mass is 285 g/mol. The molecule has 0 radical (unpaired) electrons. The molecule has 1 aromatic heterocycles. The van der Waals surface area contributed by atoms with Crippen molar-refractivity contribution in [3.8, 4) is 0 Å². The van der Waals surface area contributed by atoms with Gasteiger partial charge in [-0.3, -0.25) is 4.90 Å². The van der Waals surface area contributed by atoms with Crippen molar-refractivity contribution >= 4 is 21.7 Å². The Kier molecular flexibility index (Phi) is 4.15. The standard InChI is InChI=1S/C11H16BrN3O/c12-10-2-1-3-11(13-10)15-6-4-14(5-7-15)8-9-16/h1-3,16H,4-9H2. The fraction of sp³-hybridized carbons (Fsp3) is 0.545. The molecule has 1 saturated heterocycles. The summed E-state index contributed by atoms with van der Waals surface area (Å²) in [5.74, 6) is 1.03. The van der Waals surface area contributed by atoms with Gasteiger partial charge in [-0.25, -0.2) is 4.98 Å². The molecule has 0 bridgehead atoms. The molecule has 1 fully saturated rings. The summed E-state index contributed by atoms with van der Waals surface area (Å²) in [6.07, 6.45) is 0. The first-order valence-electron chi connectivity index (χ1n) is 5.50. The van der Waals surface area contributed by atoms with E-state index in [1.54, 1.807) is 0 Å². The molecule has 0 amide bonds. The average molecular weight is 286 g/mol. The molecule has 4 nitrogen and oxygen atoms in total. The van der Waals surface area contributed by atoms with E-state index in [4.69, 9.17) is 5.11 Å². The maximum atomic E-state index is 8.86. The normalized spacial score (nSPS) is 17.8. The molecular weight excluding hydrogens is 270 g/mol. The van der Waals surface area contributed by atoms with E-state index >= 15 is 0 Å². The molecule has 2 rings (SSSR count). The van der Waals surface area contributed by atoms with Crippen molar-refractivity contribution in [2.75, 3.05) is 44.2 Å². The number of nitrogens with zero attached hydrogens (tertiary/aromatic N) is 3. The van der Waals surface area contributed by atoms with Gasteiger partial charge in [0, 0.05) is 32.7 Å². The van der Waals surface area contributed by atoms with Crippen molar-refractivity contribution < 1.29 is 5.11 Å². The van der Waals surface area contributed by atoms with E-state index in [2.05, 4.69) is 30.7 Å². The van der Waals surface area contributed by atoms with Gasteiger partial charge >= 0.3 is 0 Å². The van der Waals surface area contributed by atoms with Crippen molar-refractivity contribution in [3.05, 3.63) is 22.8 Å². The molecule has 88 valence electrons. The third-order valence-electron chi connectivity index (χ3n) is 2.81. The maximum Gasteiger partial charge on any atom is 0.129 e. The molecule has 16 heavy (non-hydrogen) atoms. The lowest BCUT2D eigenvalue weighted by Crippen LogP contribution is -2.47. The lowest BCUT2D eigenvalue weighted by Gasteiger charge is -2.35. The summed E-state index contributed by atoms with van der Waals surface area (Å²) in [5, 5.41) is 8.86. The van der Waals surface area contributed by atoms with Crippen LogP contribution >= 0.6 is 15.9 Å². The van der Waals surface area contributed by atoms with Crippen molar-refractivity contribution in [1.82, 2.24) is 9.88 Å². The first-order chi connectivity index (χ1) is 7.79. The van der Waals surface area contributed by atoms with Crippen LogP contribution in [0, 0.1) is 0 Å². The number of β-amino-alcohol motifs (C(OH)–C–C–N with tert-alkyl or cyclic N) is 1. The fourth-order valence-electron chi connectivity index (χ4n) is 1.92. The molecule has 1 aliphatic heterocycles. The van der Waals surface area contributed by atoms with Gasteiger partial charge in [0.15, 0.2) is 0 Å². The van der Waals surface area contributed by atoms with Gasteiger partial charge in [0.1, 0.15) is 10.4 Å². The van der Waals surface area contributed by atoms with Gasteiger partial charge in [-0.2, -0.15) is 0 Å². The Morgan fingerprint density at radius 2 is 2.00 bits per heavy atom. The minimum atomic E-state index is 0.245. The van der Waals surface area contributed by atoms with Crippen LogP contribution in [0.1, 0.15) is 0 Å². The van der Waals surface area contributed by atoms with E-state index in [9.17, 15) is 0 Å². The summed E-state index contributed by atoms with van der Waals surface area (Å²) in [7, 11) is 0. The highest BCUT2D eigenvalue weighted by Crippen LogP contribution is 2.16. The van der Waals surface area contributed by atoms with Crippen molar-refractivity contribution in [3.63, 3.8) is 0 Å². The van der Waals surface area contributed by atoms with Crippen molar-refractivity contribution in [2.45, 2.75) is 0 Å². The molecule has 1 N–H and O–H groups in total. The molecular formula is C11H16BrN3O. The predicted molar refractivity (Wildman–Crippen MR) is 67.7 cm³/mol. The Bertz CT molecular complexity index is 340. The number of halogens is 1. The van der Waals surface area contributed by atoms with Gasteiger partial charge in [-0.1, -0.05) is 6.07 Å². The number of hydrogen-bond acceptors (Lipinski definition) is 4. The number of piperazine rings is 1. The topological polar surface area (TPSA) is 39.6 Å². The second-order valence-corrected chi connectivity index (χ2v) is 4.68. The van der Waals surface area contributed by atoms with Gasteiger partial charge < -0.3 is 10.0 Å². The molecule has 0 unspecified atom stereocenters. The molecule has 0 saturated carbocycles. The lowest BCUT2D eigenvalue weighted by atomic mass is 10.3. The molecule has 0 aliphatic carbocycles. The SMILES string of the molecule is OCCN1CCN(c2cccc(Br)n2)CC1. The first-order valence-corrected chi connectivity index (χ1v) is 6.29. The number of pyridine rings is 1. The smallest absolute Gasteiger partial charge is 0.129 e. The highest BCUT2D eigenvalue weighted by Gasteiger charge is 2.17. The fourth-order valence-corrected chi connectivity index (χ4v) is 2.25. The van der Waals surface area contributed by atoms with E-state index in [0.29, 0.717) is 0 Å². The number of anilines is 1. The Hall–Kier alpha value is -0.650. The Labute approximate surface area is 104 Å². The van der Waals surface area contributed by atoms with Gasteiger partial charge in [-0.15, -0.1) is 0 Å². The molecule has 0 atom stereocenters. The summed E-state index contributed by atoms with van der Waals surface area (Å²) < 4.78 is 0.878. The summed E-state index contributed by atoms with van der Waals surface area (Å²) in [4.78, 5) is 8.99. The Morgan fingerprint density at radius 1 is 1.25 bits per heavy atom. The highest BCUT2D eigenvalue weighted by atomic mass is 79.9. The molecule has 2 heterocycles. The number of aromatic nitrogens is 1. The van der Waals surface area contributed by atoms with Crippen LogP contribution in [0.4, 0.5) is 5.82 Å². The summed E-state index contributed by atoms with van der Waals surface area (Å²) in [6, 6.07) is 5.98. The quantitative estimate of drug-likeness (QED) is 0.840. The van der Waals surface area contributed by atoms with Crippen LogP contribution < -0.4 is 4.90 Å². The minimum absolute atomic E-state index is 0.245. The van der Waals surface area contributed by atoms with Gasteiger partial charge in [0.05, 0.1) is 6.61 Å². The van der Waals surface area contributed by atoms with E-state index in [-0.39, 0.29) is 6.61 Å². The predicted octanol–water partition coefficient (Wildman–Crippen LogP) is 0.958. The lowest BCUT2D eigenvalue weighted by molar-refractivity contribution is 0.188. The minimum Gasteiger partial charge on any atom is -0.395 e. The van der Waals surface area contributed by atoms with Crippen LogP contribution in [0.2, 0.25) is 0 Å². The number of aliphatic hydroxyl groups excluding tert-OH is 1. The van der Waals surface area contributed by atoms with Gasteiger partial charge in [0.2, 0.25) is 0 Å². The maximum absolute atomic E-state index is 8.86. The summed E-state index contributed by atoms with van der Waals surface area (Å²) >= 11 is 3.38. The molecule has 1 aromatic rings. The summed E-state index contributed by atoms with van der Waals surface area (Å²) in [5.41, 5.74) is 0. The Morgan fingerprint density at radius 3 is 2.62 bits per heavy atom. The van der Waals surface area contributed by atoms with E-state index in [1.165, 1.54) is 0 Å². The van der Waals surface area contributed by atoms with Crippen LogP contribution in [0.15, 0.2) is 22.8 Å². The van der Waals surface area contributed by atoms with Gasteiger partial charge in [0.25, 0.3) is 0 Å². The first kappa shape index (κ1) is 11.8. The second-order valence-electron chi connectivity index (χ2n) is 3.87. The third-order valence-corrected chi connectivity index (χ3v) is 3.25. The van der Waals surface area contributed by atoms with E-state index in [0.717, 1.165) is 43.1 Å². The van der Waals surface area contributed by atoms with Crippen LogP contribution in [-0.4, -0.2) is 54.3 Å². The zero-order valence-corrected chi connectivity index (χ0v) is 10.7. The highest BCUT2D eigenvalue weighted by molar-refractivity contribution is 9.10. The molecule has 0 spiro atoms. The van der Waals surface area contributed by atoms with Gasteiger partial charge in [-0.05, 0) is 28.1 Å². The second kappa shape index (κ2) is 5.61. The number of rotatable bonds is 3. The van der Waals surface area contributed by atoms with Crippen molar-refractivity contribution in [2.24, 2.45) is 0 Å². The van der Waals surface area contributed by atoms with Crippen LogP contribution in [0.25, 0.3) is 0 Å². The third kappa shape index (κ3) is 2.93. The molecule has 1 aliphatic rings. The van der Waals surface area contributed by atoms with E-state index in [1.807, 2.05) is 18.2 Å². The number of aliphatic hydroxyl groups is 1. The zero-order chi connectivity index (χ0) is 11.4.